The summed E-state index contributed by atoms with van der Waals surface area (Å²) in [6.45, 7) is 3.27. The molecule has 0 radical (unpaired) electrons. The van der Waals surface area contributed by atoms with E-state index in [1.165, 1.54) is 16.9 Å². The minimum Gasteiger partial charge on any atom is -0.365 e. The van der Waals surface area contributed by atoms with E-state index in [1.54, 1.807) is 0 Å². The molecule has 0 saturated heterocycles. The van der Waals surface area contributed by atoms with Crippen molar-refractivity contribution < 1.29 is 0 Å². The van der Waals surface area contributed by atoms with Crippen LogP contribution >= 0.6 is 0 Å². The van der Waals surface area contributed by atoms with Crippen molar-refractivity contribution in [3.8, 4) is 0 Å². The second-order valence-corrected chi connectivity index (χ2v) is 4.92. The second kappa shape index (κ2) is 5.31. The van der Waals surface area contributed by atoms with E-state index in [2.05, 4.69) is 58.5 Å². The molecule has 0 bridgehead atoms. The molecule has 1 atom stereocenters. The van der Waals surface area contributed by atoms with Gasteiger partial charge in [0.2, 0.25) is 0 Å². The Hall–Kier alpha value is -2.03. The number of fused-ring (bicyclic) bond motifs is 1. The number of nitrogens with zero attached hydrogens (tertiary/aromatic N) is 2. The molecule has 98 valence electrons. The summed E-state index contributed by atoms with van der Waals surface area (Å²) in [6.07, 6.45) is 6.26. The van der Waals surface area contributed by atoms with Gasteiger partial charge in [-0.15, -0.1) is 0 Å². The van der Waals surface area contributed by atoms with Crippen LogP contribution in [0.25, 0.3) is 0 Å². The SMILES string of the molecule is CCCN(c1ccncc1)C1Cc2ccccc2N1. The predicted octanol–water partition coefficient (Wildman–Crippen LogP) is 3.29. The molecule has 2 heterocycles. The number of nitrogens with one attached hydrogen (secondary N) is 1. The fraction of sp³-hybridized carbons (Fsp3) is 0.312. The van der Waals surface area contributed by atoms with Crippen molar-refractivity contribution in [1.82, 2.24) is 4.98 Å². The fourth-order valence-electron chi connectivity index (χ4n) is 2.71. The monoisotopic (exact) mass is 253 g/mol. The average molecular weight is 253 g/mol. The van der Waals surface area contributed by atoms with Crippen molar-refractivity contribution in [3.63, 3.8) is 0 Å². The van der Waals surface area contributed by atoms with E-state index in [1.807, 2.05) is 12.4 Å². The van der Waals surface area contributed by atoms with Crippen LogP contribution in [0.1, 0.15) is 18.9 Å². The first kappa shape index (κ1) is 12.0. The summed E-state index contributed by atoms with van der Waals surface area (Å²) in [5.74, 6) is 0. The van der Waals surface area contributed by atoms with Gasteiger partial charge in [0, 0.05) is 36.7 Å². The molecule has 0 fully saturated rings. The quantitative estimate of drug-likeness (QED) is 0.906. The molecule has 1 unspecified atom stereocenters. The van der Waals surface area contributed by atoms with Gasteiger partial charge < -0.3 is 10.2 Å². The molecule has 1 aromatic carbocycles. The van der Waals surface area contributed by atoms with Crippen LogP contribution in [0.2, 0.25) is 0 Å². The Bertz CT molecular complexity index is 514. The number of hydrogen-bond donors (Lipinski definition) is 1. The summed E-state index contributed by atoms with van der Waals surface area (Å²) in [6, 6.07) is 12.7. The largest absolute Gasteiger partial charge is 0.365 e. The molecule has 0 spiro atoms. The van der Waals surface area contributed by atoms with Crippen LogP contribution in [-0.2, 0) is 6.42 Å². The van der Waals surface area contributed by atoms with E-state index >= 15 is 0 Å². The first-order chi connectivity index (χ1) is 9.38. The third kappa shape index (κ3) is 2.41. The first-order valence-corrected chi connectivity index (χ1v) is 6.89. The van der Waals surface area contributed by atoms with Crippen LogP contribution in [0.5, 0.6) is 0 Å². The lowest BCUT2D eigenvalue weighted by Crippen LogP contribution is -2.40. The molecule has 3 rings (SSSR count). The maximum Gasteiger partial charge on any atom is 0.103 e. The van der Waals surface area contributed by atoms with Crippen LogP contribution in [0.15, 0.2) is 48.8 Å². The Kier molecular flexibility index (Phi) is 3.36. The molecule has 0 amide bonds. The summed E-state index contributed by atoms with van der Waals surface area (Å²) >= 11 is 0. The van der Waals surface area contributed by atoms with Gasteiger partial charge in [0.05, 0.1) is 0 Å². The molecule has 0 aliphatic carbocycles. The van der Waals surface area contributed by atoms with E-state index in [-0.39, 0.29) is 0 Å². The van der Waals surface area contributed by atoms with E-state index in [9.17, 15) is 0 Å². The molecule has 1 N–H and O–H groups in total. The van der Waals surface area contributed by atoms with Gasteiger partial charge in [0.15, 0.2) is 0 Å². The lowest BCUT2D eigenvalue weighted by atomic mass is 10.1. The number of para-hydroxylation sites is 1. The molecule has 0 saturated carbocycles. The van der Waals surface area contributed by atoms with Crippen molar-refractivity contribution in [1.29, 1.82) is 0 Å². The lowest BCUT2D eigenvalue weighted by Gasteiger charge is -2.31. The van der Waals surface area contributed by atoms with E-state index in [0.717, 1.165) is 19.4 Å². The number of aromatic nitrogens is 1. The first-order valence-electron chi connectivity index (χ1n) is 6.89. The maximum atomic E-state index is 4.11. The molecular weight excluding hydrogens is 234 g/mol. The zero-order chi connectivity index (χ0) is 13.1. The summed E-state index contributed by atoms with van der Waals surface area (Å²) in [7, 11) is 0. The van der Waals surface area contributed by atoms with Crippen molar-refractivity contribution in [2.75, 3.05) is 16.8 Å². The zero-order valence-corrected chi connectivity index (χ0v) is 11.2. The summed E-state index contributed by atoms with van der Waals surface area (Å²) in [5, 5.41) is 3.62. The Morgan fingerprint density at radius 3 is 2.74 bits per heavy atom. The number of anilines is 2. The summed E-state index contributed by atoms with van der Waals surface area (Å²) < 4.78 is 0. The highest BCUT2D eigenvalue weighted by Crippen LogP contribution is 2.29. The lowest BCUT2D eigenvalue weighted by molar-refractivity contribution is 0.656. The van der Waals surface area contributed by atoms with Gasteiger partial charge in [-0.25, -0.2) is 0 Å². The number of benzene rings is 1. The second-order valence-electron chi connectivity index (χ2n) is 4.92. The van der Waals surface area contributed by atoms with Crippen LogP contribution in [0.3, 0.4) is 0 Å². The predicted molar refractivity (Wildman–Crippen MR) is 79.4 cm³/mol. The summed E-state index contributed by atoms with van der Waals surface area (Å²) in [4.78, 5) is 6.54. The highest BCUT2D eigenvalue weighted by molar-refractivity contribution is 5.60. The zero-order valence-electron chi connectivity index (χ0n) is 11.2. The molecule has 3 heteroatoms. The van der Waals surface area contributed by atoms with E-state index in [0.29, 0.717) is 6.17 Å². The van der Waals surface area contributed by atoms with Gasteiger partial charge >= 0.3 is 0 Å². The van der Waals surface area contributed by atoms with Crippen LogP contribution in [0, 0.1) is 0 Å². The van der Waals surface area contributed by atoms with Gasteiger partial charge in [-0.3, -0.25) is 4.98 Å². The number of rotatable bonds is 4. The molecule has 1 aliphatic rings. The Labute approximate surface area is 114 Å². The molecule has 1 aromatic heterocycles. The van der Waals surface area contributed by atoms with Crippen molar-refractivity contribution in [2.45, 2.75) is 25.9 Å². The molecule has 3 nitrogen and oxygen atoms in total. The van der Waals surface area contributed by atoms with E-state index < -0.39 is 0 Å². The third-order valence-electron chi connectivity index (χ3n) is 3.59. The molecule has 2 aromatic rings. The topological polar surface area (TPSA) is 28.2 Å². The standard InChI is InChI=1S/C16H19N3/c1-2-11-19(14-7-9-17-10-8-14)16-12-13-5-3-4-6-15(13)18-16/h3-10,16,18H,2,11-12H2,1H3. The van der Waals surface area contributed by atoms with Crippen LogP contribution in [-0.4, -0.2) is 17.7 Å². The Morgan fingerprint density at radius 1 is 1.21 bits per heavy atom. The minimum atomic E-state index is 0.347. The summed E-state index contributed by atoms with van der Waals surface area (Å²) in [5.41, 5.74) is 3.91. The molecular formula is C16H19N3. The highest BCUT2D eigenvalue weighted by atomic mass is 15.3. The highest BCUT2D eigenvalue weighted by Gasteiger charge is 2.25. The number of pyridine rings is 1. The normalized spacial score (nSPS) is 16.8. The molecule has 19 heavy (non-hydrogen) atoms. The maximum absolute atomic E-state index is 4.11. The van der Waals surface area contributed by atoms with Crippen molar-refractivity contribution in [2.24, 2.45) is 0 Å². The van der Waals surface area contributed by atoms with E-state index in [4.69, 9.17) is 0 Å². The smallest absolute Gasteiger partial charge is 0.103 e. The van der Waals surface area contributed by atoms with Gasteiger partial charge in [-0.2, -0.15) is 0 Å². The number of hydrogen-bond acceptors (Lipinski definition) is 3. The fourth-order valence-corrected chi connectivity index (χ4v) is 2.71. The Morgan fingerprint density at radius 2 is 2.00 bits per heavy atom. The third-order valence-corrected chi connectivity index (χ3v) is 3.59. The van der Waals surface area contributed by atoms with Gasteiger partial charge in [0.25, 0.3) is 0 Å². The van der Waals surface area contributed by atoms with Gasteiger partial charge in [-0.05, 0) is 30.2 Å². The van der Waals surface area contributed by atoms with Gasteiger partial charge in [-0.1, -0.05) is 25.1 Å². The van der Waals surface area contributed by atoms with Crippen LogP contribution in [0.4, 0.5) is 11.4 Å². The van der Waals surface area contributed by atoms with Crippen molar-refractivity contribution >= 4 is 11.4 Å². The van der Waals surface area contributed by atoms with Gasteiger partial charge in [0.1, 0.15) is 6.17 Å². The van der Waals surface area contributed by atoms with Crippen molar-refractivity contribution in [3.05, 3.63) is 54.4 Å². The molecule has 1 aliphatic heterocycles. The minimum absolute atomic E-state index is 0.347. The average Bonchev–Trinajstić information content (AvgIpc) is 2.89. The Balaban J connectivity index is 1.84. The van der Waals surface area contributed by atoms with Crippen LogP contribution < -0.4 is 10.2 Å².